The number of aryl methyl sites for hydroxylation is 1. The summed E-state index contributed by atoms with van der Waals surface area (Å²) in [5.74, 6) is 0. The molecule has 0 amide bonds. The summed E-state index contributed by atoms with van der Waals surface area (Å²) in [4.78, 5) is 0. The second-order valence-electron chi connectivity index (χ2n) is 2.64. The van der Waals surface area contributed by atoms with Gasteiger partial charge >= 0.3 is 0 Å². The highest BCUT2D eigenvalue weighted by atomic mass is 79.9. The van der Waals surface area contributed by atoms with Gasteiger partial charge in [-0.25, -0.2) is 0 Å². The Kier molecular flexibility index (Phi) is 2.15. The lowest BCUT2D eigenvalue weighted by Gasteiger charge is -1.97. The lowest BCUT2D eigenvalue weighted by atomic mass is 10.2. The van der Waals surface area contributed by atoms with Crippen LogP contribution in [-0.2, 0) is 0 Å². The molecule has 0 aliphatic rings. The van der Waals surface area contributed by atoms with E-state index < -0.39 is 0 Å². The zero-order chi connectivity index (χ0) is 8.72. The minimum absolute atomic E-state index is 0.844. The first-order valence-electron chi connectivity index (χ1n) is 3.52. The van der Waals surface area contributed by atoms with Crippen molar-refractivity contribution in [1.29, 1.82) is 0 Å². The van der Waals surface area contributed by atoms with Crippen LogP contribution in [-0.4, -0.2) is 0 Å². The van der Waals surface area contributed by atoms with Crippen LogP contribution in [0, 0.1) is 6.92 Å². The summed E-state index contributed by atoms with van der Waals surface area (Å²) in [7, 11) is 0. The van der Waals surface area contributed by atoms with Crippen LogP contribution >= 0.6 is 38.9 Å². The molecule has 62 valence electrons. The van der Waals surface area contributed by atoms with Gasteiger partial charge in [-0.05, 0) is 45.9 Å². The van der Waals surface area contributed by atoms with Gasteiger partial charge in [0.05, 0.1) is 3.79 Å². The summed E-state index contributed by atoms with van der Waals surface area (Å²) in [5, 5.41) is 2.10. The van der Waals surface area contributed by atoms with Crippen molar-refractivity contribution >= 4 is 49.0 Å². The molecule has 0 saturated carbocycles. The van der Waals surface area contributed by atoms with Gasteiger partial charge in [-0.2, -0.15) is 0 Å². The smallest absolute Gasteiger partial charge is 0.0711 e. The highest BCUT2D eigenvalue weighted by Crippen LogP contribution is 2.34. The number of hydrogen-bond donors (Lipinski definition) is 0. The average molecular weight is 262 g/mol. The molecule has 12 heavy (non-hydrogen) atoms. The molecule has 1 heterocycles. The van der Waals surface area contributed by atoms with Gasteiger partial charge < -0.3 is 0 Å². The predicted molar refractivity (Wildman–Crippen MR) is 59.3 cm³/mol. The number of thiophene rings is 1. The first-order valence-corrected chi connectivity index (χ1v) is 5.51. The maximum Gasteiger partial charge on any atom is 0.0711 e. The molecular formula is C9H6BrClS. The summed E-state index contributed by atoms with van der Waals surface area (Å²) in [6.07, 6.45) is 0. The number of hydrogen-bond acceptors (Lipinski definition) is 1. The molecule has 0 atom stereocenters. The van der Waals surface area contributed by atoms with E-state index in [2.05, 4.69) is 22.0 Å². The largest absolute Gasteiger partial charge is 0.128 e. The molecule has 0 radical (unpaired) electrons. The van der Waals surface area contributed by atoms with Crippen molar-refractivity contribution in [1.82, 2.24) is 0 Å². The molecule has 2 aromatic rings. The maximum absolute atomic E-state index is 5.99. The Bertz CT molecular complexity index is 433. The topological polar surface area (TPSA) is 0 Å². The number of benzene rings is 1. The molecule has 0 fully saturated rings. The monoisotopic (exact) mass is 260 g/mol. The van der Waals surface area contributed by atoms with Gasteiger partial charge in [0.15, 0.2) is 0 Å². The molecule has 0 aliphatic carbocycles. The molecule has 1 aromatic carbocycles. The first kappa shape index (κ1) is 8.54. The number of halogens is 2. The van der Waals surface area contributed by atoms with Gasteiger partial charge in [-0.3, -0.25) is 0 Å². The van der Waals surface area contributed by atoms with E-state index >= 15 is 0 Å². The van der Waals surface area contributed by atoms with Crippen LogP contribution in [0.3, 0.4) is 0 Å². The normalized spacial score (nSPS) is 10.9. The van der Waals surface area contributed by atoms with E-state index in [9.17, 15) is 0 Å². The third-order valence-electron chi connectivity index (χ3n) is 1.84. The van der Waals surface area contributed by atoms with Crippen LogP contribution in [0.25, 0.3) is 10.1 Å². The molecule has 0 aliphatic heterocycles. The molecule has 0 nitrogen and oxygen atoms in total. The summed E-state index contributed by atoms with van der Waals surface area (Å²) < 4.78 is 2.43. The summed E-state index contributed by atoms with van der Waals surface area (Å²) in [5.41, 5.74) is 1.17. The van der Waals surface area contributed by atoms with Gasteiger partial charge in [-0.1, -0.05) is 17.7 Å². The maximum atomic E-state index is 5.99. The van der Waals surface area contributed by atoms with Crippen LogP contribution in [0.1, 0.15) is 5.56 Å². The second-order valence-corrected chi connectivity index (χ2v) is 5.48. The van der Waals surface area contributed by atoms with Crippen LogP contribution < -0.4 is 0 Å². The Morgan fingerprint density at radius 2 is 2.17 bits per heavy atom. The molecule has 0 spiro atoms. The van der Waals surface area contributed by atoms with Gasteiger partial charge in [-0.15, -0.1) is 11.3 Å². The fraction of sp³-hybridized carbons (Fsp3) is 0.111. The highest BCUT2D eigenvalue weighted by Gasteiger charge is 2.04. The molecule has 3 heteroatoms. The Hall–Kier alpha value is -0.0500. The van der Waals surface area contributed by atoms with E-state index in [0.717, 1.165) is 8.81 Å². The third kappa shape index (κ3) is 1.28. The van der Waals surface area contributed by atoms with Crippen molar-refractivity contribution in [2.75, 3.05) is 0 Å². The van der Waals surface area contributed by atoms with Crippen LogP contribution in [0.2, 0.25) is 5.02 Å². The van der Waals surface area contributed by atoms with Crippen molar-refractivity contribution in [2.24, 2.45) is 0 Å². The van der Waals surface area contributed by atoms with E-state index in [4.69, 9.17) is 11.6 Å². The summed E-state index contributed by atoms with van der Waals surface area (Å²) in [6.45, 7) is 2.05. The fourth-order valence-electron chi connectivity index (χ4n) is 1.19. The molecule has 0 bridgehead atoms. The zero-order valence-electron chi connectivity index (χ0n) is 6.40. The minimum atomic E-state index is 0.844. The Morgan fingerprint density at radius 1 is 1.42 bits per heavy atom. The van der Waals surface area contributed by atoms with E-state index in [0.29, 0.717) is 0 Å². The summed E-state index contributed by atoms with van der Waals surface area (Å²) >= 11 is 11.2. The molecule has 1 aromatic heterocycles. The molecular weight excluding hydrogens is 256 g/mol. The second kappa shape index (κ2) is 3.02. The molecule has 0 N–H and O–H groups in total. The van der Waals surface area contributed by atoms with Crippen LogP contribution in [0.15, 0.2) is 22.0 Å². The van der Waals surface area contributed by atoms with E-state index in [1.54, 1.807) is 11.3 Å². The molecule has 0 unspecified atom stereocenters. The van der Waals surface area contributed by atoms with Gasteiger partial charge in [0.2, 0.25) is 0 Å². The van der Waals surface area contributed by atoms with Crippen molar-refractivity contribution in [3.63, 3.8) is 0 Å². The summed E-state index contributed by atoms with van der Waals surface area (Å²) in [6, 6.07) is 6.10. The van der Waals surface area contributed by atoms with Crippen molar-refractivity contribution < 1.29 is 0 Å². The van der Waals surface area contributed by atoms with Gasteiger partial charge in [0.25, 0.3) is 0 Å². The van der Waals surface area contributed by atoms with E-state index in [-0.39, 0.29) is 0 Å². The Balaban J connectivity index is 2.89. The highest BCUT2D eigenvalue weighted by molar-refractivity contribution is 9.11. The van der Waals surface area contributed by atoms with Crippen molar-refractivity contribution in [3.8, 4) is 0 Å². The van der Waals surface area contributed by atoms with Gasteiger partial charge in [0.1, 0.15) is 0 Å². The van der Waals surface area contributed by atoms with Crippen LogP contribution in [0.4, 0.5) is 0 Å². The Labute approximate surface area is 88.3 Å². The van der Waals surface area contributed by atoms with Crippen molar-refractivity contribution in [3.05, 3.63) is 32.6 Å². The lowest BCUT2D eigenvalue weighted by Crippen LogP contribution is -1.72. The van der Waals surface area contributed by atoms with Crippen molar-refractivity contribution in [2.45, 2.75) is 6.92 Å². The SMILES string of the molecule is Cc1c(Cl)ccc2cc(Br)sc12. The zero-order valence-corrected chi connectivity index (χ0v) is 9.55. The number of fused-ring (bicyclic) bond motifs is 1. The minimum Gasteiger partial charge on any atom is -0.128 e. The fourth-order valence-corrected chi connectivity index (χ4v) is 3.02. The molecule has 2 rings (SSSR count). The quantitative estimate of drug-likeness (QED) is 0.649. The predicted octanol–water partition coefficient (Wildman–Crippen LogP) is 4.63. The lowest BCUT2D eigenvalue weighted by molar-refractivity contribution is 1.56. The van der Waals surface area contributed by atoms with E-state index in [1.807, 2.05) is 19.1 Å². The van der Waals surface area contributed by atoms with Gasteiger partial charge in [0, 0.05) is 9.72 Å². The third-order valence-corrected chi connectivity index (χ3v) is 4.02. The van der Waals surface area contributed by atoms with Crippen LogP contribution in [0.5, 0.6) is 0 Å². The standard InChI is InChI=1S/C9H6BrClS/c1-5-7(11)3-2-6-4-8(10)12-9(5)6/h2-4H,1H3. The Morgan fingerprint density at radius 3 is 2.92 bits per heavy atom. The first-order chi connectivity index (χ1) is 5.68. The average Bonchev–Trinajstić information content (AvgIpc) is 2.39. The molecule has 0 saturated heterocycles. The number of rotatable bonds is 0. The van der Waals surface area contributed by atoms with E-state index in [1.165, 1.54) is 15.6 Å².